The number of carbonyl (C=O) groups excluding carboxylic acids is 1. The van der Waals surface area contributed by atoms with E-state index in [0.717, 1.165) is 36.8 Å². The van der Waals surface area contributed by atoms with Crippen LogP contribution in [0.3, 0.4) is 0 Å². The second-order valence-corrected chi connectivity index (χ2v) is 10.0. The van der Waals surface area contributed by atoms with Gasteiger partial charge in [-0.2, -0.15) is 5.10 Å². The maximum Gasteiger partial charge on any atom is 0.283 e. The highest BCUT2D eigenvalue weighted by molar-refractivity contribution is 9.10. The van der Waals surface area contributed by atoms with Gasteiger partial charge < -0.3 is 5.32 Å². The Bertz CT molecular complexity index is 784. The second-order valence-electron chi connectivity index (χ2n) is 9.23. The van der Waals surface area contributed by atoms with Gasteiger partial charge in [-0.05, 0) is 70.7 Å². The van der Waals surface area contributed by atoms with Crippen molar-refractivity contribution in [3.05, 3.63) is 21.0 Å². The molecule has 5 rings (SSSR count). The second kappa shape index (κ2) is 6.47. The van der Waals surface area contributed by atoms with Gasteiger partial charge in [0.1, 0.15) is 11.0 Å². The van der Waals surface area contributed by atoms with E-state index in [1.165, 1.54) is 11.1 Å². The van der Waals surface area contributed by atoms with Crippen LogP contribution in [0.25, 0.3) is 0 Å². The predicted octanol–water partition coefficient (Wildman–Crippen LogP) is 3.86. The fourth-order valence-electron chi connectivity index (χ4n) is 5.09. The number of rotatable bonds is 6. The van der Waals surface area contributed by atoms with Gasteiger partial charge in [-0.15, -0.1) is 0 Å². The number of nitrogens with one attached hydrogen (secondary N) is 1. The van der Waals surface area contributed by atoms with Crippen molar-refractivity contribution < 1.29 is 4.79 Å². The normalized spacial score (nSPS) is 32.0. The summed E-state index contributed by atoms with van der Waals surface area (Å²) in [5, 5.41) is 7.80. The minimum atomic E-state index is -0.229. The molecule has 1 aromatic rings. The molecule has 0 aromatic carbocycles. The minimum absolute atomic E-state index is 0.0758. The molecule has 4 aliphatic carbocycles. The van der Waals surface area contributed by atoms with Crippen LogP contribution in [0.5, 0.6) is 0 Å². The number of Topliss-reactive ketones (excluding diaryl/α,β-unsaturated/α-hetero) is 1. The van der Waals surface area contributed by atoms with Crippen molar-refractivity contribution in [2.75, 3.05) is 5.32 Å². The van der Waals surface area contributed by atoms with Crippen LogP contribution in [0, 0.1) is 29.1 Å². The van der Waals surface area contributed by atoms with Crippen LogP contribution in [0.4, 0.5) is 5.69 Å². The summed E-state index contributed by atoms with van der Waals surface area (Å²) in [5.41, 5.74) is 0.961. The Kier molecular flexibility index (Phi) is 4.53. The summed E-state index contributed by atoms with van der Waals surface area (Å²) in [4.78, 5) is 24.6. The molecule has 1 heterocycles. The highest BCUT2D eigenvalue weighted by Crippen LogP contribution is 2.61. The van der Waals surface area contributed by atoms with Gasteiger partial charge in [-0.1, -0.05) is 20.8 Å². The SMILES string of the molecule is C[C@H]1[C@H](Nc2cnn(CC(=O)CC3CC3)c(=O)c2Br)C[C@H]2C[C@@H]1C2(C)C. The summed E-state index contributed by atoms with van der Waals surface area (Å²) in [7, 11) is 0. The van der Waals surface area contributed by atoms with Crippen molar-refractivity contribution >= 4 is 27.4 Å². The fraction of sp³-hybridized carbons (Fsp3) is 0.750. The number of hydrogen-bond acceptors (Lipinski definition) is 4. The van der Waals surface area contributed by atoms with Crippen LogP contribution in [-0.2, 0) is 11.3 Å². The van der Waals surface area contributed by atoms with Crippen LogP contribution in [0.15, 0.2) is 15.5 Å². The monoisotopic (exact) mass is 421 g/mol. The number of nitrogens with zero attached hydrogens (tertiary/aromatic N) is 2. The summed E-state index contributed by atoms with van der Waals surface area (Å²) in [5.74, 6) is 2.70. The molecule has 0 saturated heterocycles. The molecule has 0 unspecified atom stereocenters. The van der Waals surface area contributed by atoms with Gasteiger partial charge in [-0.3, -0.25) is 9.59 Å². The molecular formula is C20H28BrN3O2. The van der Waals surface area contributed by atoms with Crippen LogP contribution >= 0.6 is 15.9 Å². The van der Waals surface area contributed by atoms with Gasteiger partial charge in [0.25, 0.3) is 5.56 Å². The van der Waals surface area contributed by atoms with Crippen LogP contribution in [0.1, 0.15) is 52.9 Å². The molecule has 0 radical (unpaired) electrons. The molecule has 0 amide bonds. The lowest BCUT2D eigenvalue weighted by molar-refractivity contribution is -0.120. The third-order valence-electron chi connectivity index (χ3n) is 7.22. The molecule has 142 valence electrons. The quantitative estimate of drug-likeness (QED) is 0.756. The van der Waals surface area contributed by atoms with Gasteiger partial charge in [-0.25, -0.2) is 4.68 Å². The third-order valence-corrected chi connectivity index (χ3v) is 7.99. The van der Waals surface area contributed by atoms with E-state index in [9.17, 15) is 9.59 Å². The lowest BCUT2D eigenvalue weighted by Gasteiger charge is -2.62. The first-order valence-corrected chi connectivity index (χ1v) is 10.6. The highest BCUT2D eigenvalue weighted by Gasteiger charge is 2.56. The summed E-state index contributed by atoms with van der Waals surface area (Å²) >= 11 is 3.43. The molecule has 2 bridgehead atoms. The van der Waals surface area contributed by atoms with E-state index in [0.29, 0.717) is 34.2 Å². The first-order chi connectivity index (χ1) is 12.3. The van der Waals surface area contributed by atoms with Gasteiger partial charge >= 0.3 is 0 Å². The Hall–Kier alpha value is -1.17. The smallest absolute Gasteiger partial charge is 0.283 e. The molecule has 4 fully saturated rings. The van der Waals surface area contributed by atoms with Gasteiger partial charge in [0.2, 0.25) is 0 Å². The summed E-state index contributed by atoms with van der Waals surface area (Å²) in [6, 6.07) is 0.372. The van der Waals surface area contributed by atoms with E-state index in [-0.39, 0.29) is 17.9 Å². The summed E-state index contributed by atoms with van der Waals surface area (Å²) in [6.07, 6.45) is 7.01. The Morgan fingerprint density at radius 3 is 2.73 bits per heavy atom. The summed E-state index contributed by atoms with van der Waals surface area (Å²) < 4.78 is 1.77. The number of hydrogen-bond donors (Lipinski definition) is 1. The van der Waals surface area contributed by atoms with Crippen molar-refractivity contribution in [3.63, 3.8) is 0 Å². The Morgan fingerprint density at radius 1 is 1.38 bits per heavy atom. The summed E-state index contributed by atoms with van der Waals surface area (Å²) in [6.45, 7) is 7.16. The van der Waals surface area contributed by atoms with Crippen molar-refractivity contribution in [2.45, 2.75) is 65.5 Å². The lowest BCUT2D eigenvalue weighted by Crippen LogP contribution is -2.58. The number of halogens is 1. The van der Waals surface area contributed by atoms with Crippen molar-refractivity contribution in [1.82, 2.24) is 9.78 Å². The lowest BCUT2D eigenvalue weighted by atomic mass is 9.45. The number of ketones is 1. The van der Waals surface area contributed by atoms with E-state index < -0.39 is 0 Å². The van der Waals surface area contributed by atoms with Crippen molar-refractivity contribution in [3.8, 4) is 0 Å². The molecule has 6 heteroatoms. The maximum absolute atomic E-state index is 12.6. The molecule has 4 saturated carbocycles. The van der Waals surface area contributed by atoms with E-state index in [1.54, 1.807) is 6.20 Å². The van der Waals surface area contributed by atoms with Crippen molar-refractivity contribution in [2.24, 2.45) is 29.1 Å². The van der Waals surface area contributed by atoms with Gasteiger partial charge in [0, 0.05) is 12.5 Å². The van der Waals surface area contributed by atoms with Crippen molar-refractivity contribution in [1.29, 1.82) is 0 Å². The number of aromatic nitrogens is 2. The third kappa shape index (κ3) is 3.14. The standard InChI is InChI=1S/C20H28BrN3O2/c1-11-15-7-13(20(15,2)3)8-16(11)23-17-9-22-24(19(26)18(17)21)10-14(25)6-12-4-5-12/h9,11-13,15-16,23H,4-8,10H2,1-3H3/t11-,13-,15+,16-/m1/s1. The Labute approximate surface area is 163 Å². The topological polar surface area (TPSA) is 64.0 Å². The van der Waals surface area contributed by atoms with E-state index in [1.807, 2.05) is 0 Å². The van der Waals surface area contributed by atoms with E-state index in [2.05, 4.69) is 47.1 Å². The zero-order valence-electron chi connectivity index (χ0n) is 15.8. The first kappa shape index (κ1) is 18.2. The molecule has 0 spiro atoms. The molecule has 4 atom stereocenters. The van der Waals surface area contributed by atoms with Crippen LogP contribution in [-0.4, -0.2) is 21.6 Å². The highest BCUT2D eigenvalue weighted by atomic mass is 79.9. The maximum atomic E-state index is 12.6. The molecule has 1 aromatic heterocycles. The zero-order chi connectivity index (χ0) is 18.6. The molecule has 0 aliphatic heterocycles. The number of carbonyl (C=O) groups is 1. The van der Waals surface area contributed by atoms with Gasteiger partial charge in [0.05, 0.1) is 11.9 Å². The van der Waals surface area contributed by atoms with Crippen LogP contribution in [0.2, 0.25) is 0 Å². The minimum Gasteiger partial charge on any atom is -0.380 e. The van der Waals surface area contributed by atoms with E-state index >= 15 is 0 Å². The van der Waals surface area contributed by atoms with Crippen LogP contribution < -0.4 is 10.9 Å². The van der Waals surface area contributed by atoms with Gasteiger partial charge in [0.15, 0.2) is 5.78 Å². The average molecular weight is 422 g/mol. The Balaban J connectivity index is 1.45. The molecule has 5 nitrogen and oxygen atoms in total. The molecule has 26 heavy (non-hydrogen) atoms. The fourth-order valence-corrected chi connectivity index (χ4v) is 5.52. The largest absolute Gasteiger partial charge is 0.380 e. The average Bonchev–Trinajstić information content (AvgIpc) is 3.39. The molecule has 1 N–H and O–H groups in total. The molecular weight excluding hydrogens is 394 g/mol. The number of anilines is 1. The molecule has 4 aliphatic rings. The van der Waals surface area contributed by atoms with E-state index in [4.69, 9.17) is 0 Å². The Morgan fingerprint density at radius 2 is 2.12 bits per heavy atom. The zero-order valence-corrected chi connectivity index (χ0v) is 17.4. The number of fused-ring (bicyclic) bond motifs is 2. The predicted molar refractivity (Wildman–Crippen MR) is 105 cm³/mol. The first-order valence-electron chi connectivity index (χ1n) is 9.81.